The summed E-state index contributed by atoms with van der Waals surface area (Å²) in [6.07, 6.45) is 0. The third-order valence-electron chi connectivity index (χ3n) is 3.06. The summed E-state index contributed by atoms with van der Waals surface area (Å²) in [4.78, 5) is 12.1. The number of rotatable bonds is 1. The van der Waals surface area contributed by atoms with E-state index in [9.17, 15) is 25.2 Å². The van der Waals surface area contributed by atoms with Crippen LogP contribution in [0.4, 0.5) is 0 Å². The second-order valence-corrected chi connectivity index (χ2v) is 4.50. The molecule has 0 amide bonds. The van der Waals surface area contributed by atoms with Gasteiger partial charge in [-0.1, -0.05) is 0 Å². The predicted molar refractivity (Wildman–Crippen MR) is 74.6 cm³/mol. The number of benzene rings is 2. The summed E-state index contributed by atoms with van der Waals surface area (Å²) in [5.74, 6) is -1.48. The van der Waals surface area contributed by atoms with E-state index in [1.54, 1.807) is 0 Å². The number of phenols is 3. The van der Waals surface area contributed by atoms with E-state index in [1.165, 1.54) is 24.3 Å². The fraction of sp³-hybridized carbons (Fsp3) is 0. The molecule has 0 bridgehead atoms. The molecule has 1 heterocycles. The normalized spacial score (nSPS) is 10.9. The van der Waals surface area contributed by atoms with Gasteiger partial charge in [0.05, 0.1) is 5.39 Å². The topological polar surface area (TPSA) is 111 Å². The third-order valence-corrected chi connectivity index (χ3v) is 3.06. The van der Waals surface area contributed by atoms with Crippen LogP contribution in [0.2, 0.25) is 0 Å². The monoisotopic (exact) mass is 286 g/mol. The molecule has 0 fully saturated rings. The average Bonchev–Trinajstić information content (AvgIpc) is 2.44. The second kappa shape index (κ2) is 4.45. The lowest BCUT2D eigenvalue weighted by molar-refractivity contribution is 0.431. The Morgan fingerprint density at radius 2 is 1.52 bits per heavy atom. The minimum atomic E-state index is -0.773. The first kappa shape index (κ1) is 12.9. The summed E-state index contributed by atoms with van der Waals surface area (Å²) >= 11 is 0. The summed E-state index contributed by atoms with van der Waals surface area (Å²) in [6.45, 7) is 0. The summed E-state index contributed by atoms with van der Waals surface area (Å²) < 4.78 is 5.39. The van der Waals surface area contributed by atoms with Crippen LogP contribution in [0, 0.1) is 0 Å². The minimum absolute atomic E-state index is 0.0224. The van der Waals surface area contributed by atoms with Crippen LogP contribution in [0.3, 0.4) is 0 Å². The number of aromatic hydroxyl groups is 4. The molecule has 0 aliphatic rings. The Morgan fingerprint density at radius 3 is 2.19 bits per heavy atom. The smallest absolute Gasteiger partial charge is 0.235 e. The van der Waals surface area contributed by atoms with Crippen LogP contribution in [0.5, 0.6) is 23.0 Å². The van der Waals surface area contributed by atoms with Crippen LogP contribution in [-0.2, 0) is 0 Å². The van der Waals surface area contributed by atoms with Crippen molar-refractivity contribution in [3.63, 3.8) is 0 Å². The fourth-order valence-corrected chi connectivity index (χ4v) is 2.06. The lowest BCUT2D eigenvalue weighted by Crippen LogP contribution is -2.02. The van der Waals surface area contributed by atoms with Crippen molar-refractivity contribution < 1.29 is 24.8 Å². The van der Waals surface area contributed by atoms with Crippen LogP contribution < -0.4 is 5.43 Å². The molecule has 0 atom stereocenters. The van der Waals surface area contributed by atoms with Gasteiger partial charge in [0.25, 0.3) is 0 Å². The number of hydrogen-bond donors (Lipinski definition) is 4. The van der Waals surface area contributed by atoms with Crippen LogP contribution in [0.1, 0.15) is 0 Å². The molecule has 0 spiro atoms. The summed E-state index contributed by atoms with van der Waals surface area (Å²) in [5.41, 5.74) is -0.555. The number of phenolic OH excluding ortho intramolecular Hbond substituents is 3. The van der Waals surface area contributed by atoms with Gasteiger partial charge in [0.15, 0.2) is 17.1 Å². The highest BCUT2D eigenvalue weighted by atomic mass is 16.4. The lowest BCUT2D eigenvalue weighted by atomic mass is 10.1. The van der Waals surface area contributed by atoms with Gasteiger partial charge in [-0.25, -0.2) is 0 Å². The Balaban J connectivity index is 2.37. The quantitative estimate of drug-likeness (QED) is 0.546. The molecule has 3 rings (SSSR count). The van der Waals surface area contributed by atoms with Crippen molar-refractivity contribution in [1.29, 1.82) is 0 Å². The van der Waals surface area contributed by atoms with Crippen molar-refractivity contribution in [2.75, 3.05) is 0 Å². The maximum Gasteiger partial charge on any atom is 0.235 e. The first-order chi connectivity index (χ1) is 9.97. The highest BCUT2D eigenvalue weighted by molar-refractivity contribution is 5.87. The maximum absolute atomic E-state index is 12.1. The molecule has 0 unspecified atom stereocenters. The van der Waals surface area contributed by atoms with Gasteiger partial charge in [-0.3, -0.25) is 4.79 Å². The molecule has 6 nitrogen and oxygen atoms in total. The van der Waals surface area contributed by atoms with E-state index in [-0.39, 0.29) is 28.2 Å². The molecular weight excluding hydrogens is 276 g/mol. The van der Waals surface area contributed by atoms with Gasteiger partial charge in [0.2, 0.25) is 11.2 Å². The van der Waals surface area contributed by atoms with Crippen molar-refractivity contribution in [2.45, 2.75) is 0 Å². The highest BCUT2D eigenvalue weighted by Crippen LogP contribution is 2.35. The molecule has 0 saturated carbocycles. The van der Waals surface area contributed by atoms with E-state index in [4.69, 9.17) is 4.42 Å². The molecule has 6 heteroatoms. The molecule has 3 aromatic rings. The second-order valence-electron chi connectivity index (χ2n) is 4.50. The molecule has 1 aromatic heterocycles. The van der Waals surface area contributed by atoms with Crippen molar-refractivity contribution in [1.82, 2.24) is 0 Å². The SMILES string of the molecule is O=c1c(O)c(-c2ccc(O)cc2)oc2c(O)cc(O)cc12. The molecule has 0 saturated heterocycles. The molecule has 106 valence electrons. The zero-order valence-corrected chi connectivity index (χ0v) is 10.6. The summed E-state index contributed by atoms with van der Waals surface area (Å²) in [5, 5.41) is 38.2. The Kier molecular flexibility index (Phi) is 2.72. The predicted octanol–water partition coefficient (Wildman–Crippen LogP) is 2.28. The van der Waals surface area contributed by atoms with Crippen LogP contribution in [0.15, 0.2) is 45.6 Å². The summed E-state index contributed by atoms with van der Waals surface area (Å²) in [7, 11) is 0. The van der Waals surface area contributed by atoms with E-state index in [1.807, 2.05) is 0 Å². The number of hydrogen-bond acceptors (Lipinski definition) is 6. The molecule has 4 N–H and O–H groups in total. The maximum atomic E-state index is 12.1. The molecule has 2 aromatic carbocycles. The molecule has 0 aliphatic carbocycles. The zero-order chi connectivity index (χ0) is 15.1. The third kappa shape index (κ3) is 2.02. The Morgan fingerprint density at radius 1 is 0.857 bits per heavy atom. The zero-order valence-electron chi connectivity index (χ0n) is 10.6. The Labute approximate surface area is 117 Å². The van der Waals surface area contributed by atoms with Crippen LogP contribution in [0.25, 0.3) is 22.3 Å². The van der Waals surface area contributed by atoms with E-state index in [2.05, 4.69) is 0 Å². The van der Waals surface area contributed by atoms with Crippen molar-refractivity contribution in [3.05, 3.63) is 46.6 Å². The van der Waals surface area contributed by atoms with Crippen LogP contribution in [-0.4, -0.2) is 20.4 Å². The summed E-state index contributed by atoms with van der Waals surface area (Å²) in [6, 6.07) is 7.78. The average molecular weight is 286 g/mol. The molecule has 0 aliphatic heterocycles. The molecular formula is C15H10O6. The molecule has 21 heavy (non-hydrogen) atoms. The van der Waals surface area contributed by atoms with Gasteiger partial charge in [-0.2, -0.15) is 0 Å². The van der Waals surface area contributed by atoms with Crippen molar-refractivity contribution in [3.8, 4) is 34.3 Å². The van der Waals surface area contributed by atoms with Gasteiger partial charge in [0.1, 0.15) is 11.5 Å². The Hall–Kier alpha value is -3.15. The standard InChI is InChI=1S/C15H10O6/c16-8-3-1-7(2-4-8)14-13(20)12(19)10-5-9(17)6-11(18)15(10)21-14/h1-6,16-18,20H. The highest BCUT2D eigenvalue weighted by Gasteiger charge is 2.18. The van der Waals surface area contributed by atoms with Gasteiger partial charge in [-0.05, 0) is 30.3 Å². The minimum Gasteiger partial charge on any atom is -0.508 e. The van der Waals surface area contributed by atoms with Gasteiger partial charge >= 0.3 is 0 Å². The Bertz CT molecular complexity index is 893. The van der Waals surface area contributed by atoms with Gasteiger partial charge in [-0.15, -0.1) is 0 Å². The van der Waals surface area contributed by atoms with E-state index in [0.29, 0.717) is 5.56 Å². The number of fused-ring (bicyclic) bond motifs is 1. The van der Waals surface area contributed by atoms with Crippen molar-refractivity contribution in [2.24, 2.45) is 0 Å². The first-order valence-electron chi connectivity index (χ1n) is 5.98. The van der Waals surface area contributed by atoms with Gasteiger partial charge < -0.3 is 24.8 Å². The fourth-order valence-electron chi connectivity index (χ4n) is 2.06. The largest absolute Gasteiger partial charge is 0.508 e. The lowest BCUT2D eigenvalue weighted by Gasteiger charge is -2.07. The van der Waals surface area contributed by atoms with Crippen molar-refractivity contribution >= 4 is 11.0 Å². The van der Waals surface area contributed by atoms with Crippen LogP contribution >= 0.6 is 0 Å². The van der Waals surface area contributed by atoms with E-state index < -0.39 is 16.9 Å². The molecule has 0 radical (unpaired) electrons. The van der Waals surface area contributed by atoms with E-state index >= 15 is 0 Å². The first-order valence-corrected chi connectivity index (χ1v) is 5.98. The van der Waals surface area contributed by atoms with Gasteiger partial charge in [0, 0.05) is 11.6 Å². The van der Waals surface area contributed by atoms with E-state index in [0.717, 1.165) is 12.1 Å².